The Morgan fingerprint density at radius 1 is 1.60 bits per heavy atom. The predicted octanol–water partition coefficient (Wildman–Crippen LogP) is 0.657. The summed E-state index contributed by atoms with van der Waals surface area (Å²) in [5, 5.41) is 2.98. The second-order valence-electron chi connectivity index (χ2n) is 4.35. The SMILES string of the molecule is CC(CCN)CCC(=O)NC1CCOC1. The van der Waals surface area contributed by atoms with Gasteiger partial charge >= 0.3 is 0 Å². The maximum atomic E-state index is 11.5. The third-order valence-electron chi connectivity index (χ3n) is 2.82. The van der Waals surface area contributed by atoms with Crippen LogP contribution in [0.4, 0.5) is 0 Å². The summed E-state index contributed by atoms with van der Waals surface area (Å²) in [6.07, 6.45) is 3.48. The molecular formula is C11H22N2O2. The van der Waals surface area contributed by atoms with Gasteiger partial charge in [-0.2, -0.15) is 0 Å². The first-order valence-electron chi connectivity index (χ1n) is 5.79. The molecule has 0 aromatic rings. The number of amides is 1. The van der Waals surface area contributed by atoms with Crippen molar-refractivity contribution in [2.24, 2.45) is 11.7 Å². The van der Waals surface area contributed by atoms with Crippen LogP contribution in [0.25, 0.3) is 0 Å². The van der Waals surface area contributed by atoms with E-state index in [0.717, 1.165) is 25.9 Å². The Balaban J connectivity index is 2.07. The van der Waals surface area contributed by atoms with Crippen LogP contribution in [-0.2, 0) is 9.53 Å². The van der Waals surface area contributed by atoms with Gasteiger partial charge in [0.15, 0.2) is 0 Å². The molecule has 2 unspecified atom stereocenters. The third-order valence-corrected chi connectivity index (χ3v) is 2.82. The Labute approximate surface area is 91.5 Å². The summed E-state index contributed by atoms with van der Waals surface area (Å²) < 4.78 is 5.19. The van der Waals surface area contributed by atoms with Gasteiger partial charge < -0.3 is 15.8 Å². The number of nitrogens with two attached hydrogens (primary N) is 1. The maximum Gasteiger partial charge on any atom is 0.220 e. The molecule has 0 saturated carbocycles. The van der Waals surface area contributed by atoms with Gasteiger partial charge in [0.1, 0.15) is 0 Å². The Morgan fingerprint density at radius 3 is 3.00 bits per heavy atom. The van der Waals surface area contributed by atoms with Gasteiger partial charge in [0.05, 0.1) is 12.6 Å². The lowest BCUT2D eigenvalue weighted by Crippen LogP contribution is -2.35. The van der Waals surface area contributed by atoms with E-state index in [1.54, 1.807) is 0 Å². The molecule has 1 saturated heterocycles. The van der Waals surface area contributed by atoms with Gasteiger partial charge in [-0.1, -0.05) is 6.92 Å². The standard InChI is InChI=1S/C11H22N2O2/c1-9(4-6-12)2-3-11(14)13-10-5-7-15-8-10/h9-10H,2-8,12H2,1H3,(H,13,14). The lowest BCUT2D eigenvalue weighted by Gasteiger charge is -2.12. The summed E-state index contributed by atoms with van der Waals surface area (Å²) in [4.78, 5) is 11.5. The third kappa shape index (κ3) is 5.14. The molecule has 1 aliphatic heterocycles. The molecule has 1 heterocycles. The van der Waals surface area contributed by atoms with E-state index >= 15 is 0 Å². The lowest BCUT2D eigenvalue weighted by molar-refractivity contribution is -0.122. The van der Waals surface area contributed by atoms with Gasteiger partial charge in [-0.15, -0.1) is 0 Å². The molecule has 0 spiro atoms. The second kappa shape index (κ2) is 6.80. The summed E-state index contributed by atoms with van der Waals surface area (Å²) in [7, 11) is 0. The van der Waals surface area contributed by atoms with E-state index in [1.807, 2.05) is 0 Å². The van der Waals surface area contributed by atoms with Gasteiger partial charge in [-0.25, -0.2) is 0 Å². The number of rotatable bonds is 6. The fourth-order valence-electron chi connectivity index (χ4n) is 1.75. The molecule has 15 heavy (non-hydrogen) atoms. The average molecular weight is 214 g/mol. The minimum Gasteiger partial charge on any atom is -0.379 e. The zero-order valence-electron chi connectivity index (χ0n) is 9.50. The van der Waals surface area contributed by atoms with Crippen LogP contribution in [0.5, 0.6) is 0 Å². The Morgan fingerprint density at radius 2 is 2.40 bits per heavy atom. The summed E-state index contributed by atoms with van der Waals surface area (Å²) in [6.45, 7) is 4.29. The van der Waals surface area contributed by atoms with Gasteiger partial charge in [0.25, 0.3) is 0 Å². The van der Waals surface area contributed by atoms with E-state index in [4.69, 9.17) is 10.5 Å². The molecule has 4 nitrogen and oxygen atoms in total. The monoisotopic (exact) mass is 214 g/mol. The van der Waals surface area contributed by atoms with Crippen LogP contribution in [-0.4, -0.2) is 31.7 Å². The largest absolute Gasteiger partial charge is 0.379 e. The average Bonchev–Trinajstić information content (AvgIpc) is 2.68. The van der Waals surface area contributed by atoms with E-state index in [2.05, 4.69) is 12.2 Å². The summed E-state index contributed by atoms with van der Waals surface area (Å²) in [6, 6.07) is 0.238. The quantitative estimate of drug-likeness (QED) is 0.682. The normalized spacial score (nSPS) is 22.7. The molecule has 4 heteroatoms. The highest BCUT2D eigenvalue weighted by Gasteiger charge is 2.17. The van der Waals surface area contributed by atoms with Gasteiger partial charge in [-0.05, 0) is 31.7 Å². The summed E-state index contributed by atoms with van der Waals surface area (Å²) in [5.74, 6) is 0.690. The van der Waals surface area contributed by atoms with E-state index in [1.165, 1.54) is 0 Å². The highest BCUT2D eigenvalue weighted by molar-refractivity contribution is 5.76. The van der Waals surface area contributed by atoms with Crippen LogP contribution in [0.2, 0.25) is 0 Å². The molecule has 1 fully saturated rings. The highest BCUT2D eigenvalue weighted by atomic mass is 16.5. The molecule has 1 amide bonds. The Bertz CT molecular complexity index is 191. The Hall–Kier alpha value is -0.610. The molecule has 88 valence electrons. The van der Waals surface area contributed by atoms with Gasteiger partial charge in [-0.3, -0.25) is 4.79 Å². The van der Waals surface area contributed by atoms with E-state index < -0.39 is 0 Å². The fraction of sp³-hybridized carbons (Fsp3) is 0.909. The number of hydrogen-bond donors (Lipinski definition) is 2. The van der Waals surface area contributed by atoms with Crippen molar-refractivity contribution < 1.29 is 9.53 Å². The topological polar surface area (TPSA) is 64.4 Å². The number of ether oxygens (including phenoxy) is 1. The Kier molecular flexibility index (Phi) is 5.65. The second-order valence-corrected chi connectivity index (χ2v) is 4.35. The zero-order valence-corrected chi connectivity index (χ0v) is 9.50. The number of nitrogens with one attached hydrogen (secondary N) is 1. The first-order valence-corrected chi connectivity index (χ1v) is 5.79. The molecule has 0 bridgehead atoms. The first-order chi connectivity index (χ1) is 7.22. The molecule has 0 radical (unpaired) electrons. The minimum absolute atomic E-state index is 0.148. The fourth-order valence-corrected chi connectivity index (χ4v) is 1.75. The molecule has 2 atom stereocenters. The van der Waals surface area contributed by atoms with E-state index in [0.29, 0.717) is 25.5 Å². The van der Waals surface area contributed by atoms with Crippen molar-refractivity contribution in [1.29, 1.82) is 0 Å². The van der Waals surface area contributed by atoms with Crippen LogP contribution in [0.1, 0.15) is 32.6 Å². The number of carbonyl (C=O) groups is 1. The van der Waals surface area contributed by atoms with Crippen molar-refractivity contribution in [3.8, 4) is 0 Å². The van der Waals surface area contributed by atoms with Crippen LogP contribution in [0.3, 0.4) is 0 Å². The number of hydrogen-bond acceptors (Lipinski definition) is 3. The molecule has 0 aromatic heterocycles. The van der Waals surface area contributed by atoms with Crippen LogP contribution in [0, 0.1) is 5.92 Å². The van der Waals surface area contributed by atoms with Crippen LogP contribution >= 0.6 is 0 Å². The zero-order chi connectivity index (χ0) is 11.1. The van der Waals surface area contributed by atoms with Crippen molar-refractivity contribution in [3.63, 3.8) is 0 Å². The van der Waals surface area contributed by atoms with E-state index in [-0.39, 0.29) is 11.9 Å². The maximum absolute atomic E-state index is 11.5. The first kappa shape index (κ1) is 12.5. The van der Waals surface area contributed by atoms with E-state index in [9.17, 15) is 4.79 Å². The van der Waals surface area contributed by atoms with Crippen LogP contribution in [0.15, 0.2) is 0 Å². The van der Waals surface area contributed by atoms with Gasteiger partial charge in [0, 0.05) is 13.0 Å². The highest BCUT2D eigenvalue weighted by Crippen LogP contribution is 2.10. The van der Waals surface area contributed by atoms with Crippen molar-refractivity contribution in [2.75, 3.05) is 19.8 Å². The minimum atomic E-state index is 0.148. The molecule has 3 N–H and O–H groups in total. The molecular weight excluding hydrogens is 192 g/mol. The molecule has 0 aliphatic carbocycles. The smallest absolute Gasteiger partial charge is 0.220 e. The molecule has 0 aromatic carbocycles. The van der Waals surface area contributed by atoms with Crippen molar-refractivity contribution in [3.05, 3.63) is 0 Å². The summed E-state index contributed by atoms with van der Waals surface area (Å²) >= 11 is 0. The van der Waals surface area contributed by atoms with Crippen molar-refractivity contribution in [2.45, 2.75) is 38.6 Å². The predicted molar refractivity (Wildman–Crippen MR) is 59.4 cm³/mol. The van der Waals surface area contributed by atoms with Gasteiger partial charge in [0.2, 0.25) is 5.91 Å². The molecule has 1 rings (SSSR count). The lowest BCUT2D eigenvalue weighted by atomic mass is 10.0. The summed E-state index contributed by atoms with van der Waals surface area (Å²) in [5.41, 5.74) is 5.45. The van der Waals surface area contributed by atoms with Crippen LogP contribution < -0.4 is 11.1 Å². The molecule has 1 aliphatic rings. The van der Waals surface area contributed by atoms with Crippen molar-refractivity contribution >= 4 is 5.91 Å². The van der Waals surface area contributed by atoms with Crippen molar-refractivity contribution in [1.82, 2.24) is 5.32 Å². The number of carbonyl (C=O) groups excluding carboxylic acids is 1.